The Kier molecular flexibility index (Phi) is 4.32. The summed E-state index contributed by atoms with van der Waals surface area (Å²) in [4.78, 5) is 28.1. The Labute approximate surface area is 135 Å². The number of aliphatic imine (C=N–C) groups is 1. The van der Waals surface area contributed by atoms with Gasteiger partial charge in [0.1, 0.15) is 18.3 Å². The monoisotopic (exact) mass is 338 g/mol. The van der Waals surface area contributed by atoms with Gasteiger partial charge < -0.3 is 25.0 Å². The van der Waals surface area contributed by atoms with Gasteiger partial charge >= 0.3 is 5.69 Å². The van der Waals surface area contributed by atoms with Crippen LogP contribution in [0, 0.1) is 0 Å². The highest BCUT2D eigenvalue weighted by Crippen LogP contribution is 2.32. The lowest BCUT2D eigenvalue weighted by molar-refractivity contribution is -0.0511. The fourth-order valence-electron chi connectivity index (χ4n) is 2.48. The van der Waals surface area contributed by atoms with E-state index < -0.39 is 36.8 Å². The molecule has 11 heteroatoms. The molecule has 1 aliphatic rings. The molecule has 4 atom stereocenters. The Hall–Kier alpha value is -2.34. The molecule has 4 N–H and O–H groups in total. The van der Waals surface area contributed by atoms with E-state index in [1.54, 1.807) is 19.0 Å². The first kappa shape index (κ1) is 16.5. The van der Waals surface area contributed by atoms with Crippen LogP contribution in [0.5, 0.6) is 0 Å². The molecule has 0 spiro atoms. The van der Waals surface area contributed by atoms with Crippen molar-refractivity contribution in [3.63, 3.8) is 0 Å². The molecule has 130 valence electrons. The predicted molar refractivity (Wildman–Crippen MR) is 83.0 cm³/mol. The Morgan fingerprint density at radius 3 is 2.83 bits per heavy atom. The molecule has 3 heterocycles. The zero-order valence-corrected chi connectivity index (χ0v) is 13.1. The van der Waals surface area contributed by atoms with Crippen molar-refractivity contribution in [3.05, 3.63) is 16.8 Å². The first-order valence-corrected chi connectivity index (χ1v) is 7.22. The molecular weight excluding hydrogens is 320 g/mol. The van der Waals surface area contributed by atoms with Crippen LogP contribution in [0.4, 0.5) is 5.82 Å². The van der Waals surface area contributed by atoms with Crippen LogP contribution in [-0.4, -0.2) is 85.1 Å². The molecule has 11 nitrogen and oxygen atoms in total. The fraction of sp³-hybridized carbons (Fsp3) is 0.538. The van der Waals surface area contributed by atoms with Crippen LogP contribution in [0.2, 0.25) is 0 Å². The third-order valence-electron chi connectivity index (χ3n) is 3.63. The molecule has 1 saturated heterocycles. The largest absolute Gasteiger partial charge is 0.394 e. The molecular formula is C13H18N6O5. The minimum Gasteiger partial charge on any atom is -0.394 e. The van der Waals surface area contributed by atoms with Gasteiger partial charge in [-0.25, -0.2) is 14.8 Å². The summed E-state index contributed by atoms with van der Waals surface area (Å²) in [7, 11) is 3.55. The van der Waals surface area contributed by atoms with Gasteiger partial charge in [-0.1, -0.05) is 0 Å². The van der Waals surface area contributed by atoms with Crippen LogP contribution < -0.4 is 5.69 Å². The van der Waals surface area contributed by atoms with Crippen LogP contribution in [0.1, 0.15) is 6.23 Å². The standard InChI is InChI=1S/C13H18N6O5/c1-18(2)4-15-10-7-11(17-13(23)16-10)19(5-14-7)12-9(22)8(21)6(3-20)24-12/h4-6,8-9,12,20-22H,3H2,1-2H3,(H,16,17,23)/b15-4-/t6-,8?,9+,12-/m1/s1. The Morgan fingerprint density at radius 1 is 1.46 bits per heavy atom. The van der Waals surface area contributed by atoms with Gasteiger partial charge in [-0.05, 0) is 0 Å². The minimum absolute atomic E-state index is 0.152. The summed E-state index contributed by atoms with van der Waals surface area (Å²) in [5, 5.41) is 29.2. The third-order valence-corrected chi connectivity index (χ3v) is 3.63. The van der Waals surface area contributed by atoms with Gasteiger partial charge in [-0.2, -0.15) is 4.98 Å². The summed E-state index contributed by atoms with van der Waals surface area (Å²) in [6.07, 6.45) is -1.69. The van der Waals surface area contributed by atoms with Crippen molar-refractivity contribution >= 4 is 23.3 Å². The smallest absolute Gasteiger partial charge is 0.348 e. The number of nitrogens with zero attached hydrogens (tertiary/aromatic N) is 5. The highest BCUT2D eigenvalue weighted by molar-refractivity contribution is 5.82. The predicted octanol–water partition coefficient (Wildman–Crippen LogP) is -2.05. The van der Waals surface area contributed by atoms with E-state index in [4.69, 9.17) is 4.74 Å². The van der Waals surface area contributed by atoms with E-state index in [-0.39, 0.29) is 11.5 Å². The van der Waals surface area contributed by atoms with Crippen molar-refractivity contribution in [2.75, 3.05) is 20.7 Å². The summed E-state index contributed by atoms with van der Waals surface area (Å²) in [6, 6.07) is 0. The van der Waals surface area contributed by atoms with E-state index >= 15 is 0 Å². The van der Waals surface area contributed by atoms with Gasteiger partial charge in [0.15, 0.2) is 23.2 Å². The summed E-state index contributed by atoms with van der Waals surface area (Å²) in [5.74, 6) is 0.212. The lowest BCUT2D eigenvalue weighted by Gasteiger charge is -2.16. The minimum atomic E-state index is -1.30. The molecule has 2 aromatic heterocycles. The molecule has 3 rings (SSSR count). The maximum atomic E-state index is 11.8. The lowest BCUT2D eigenvalue weighted by Crippen LogP contribution is -2.33. The number of aromatic amines is 1. The van der Waals surface area contributed by atoms with Crippen LogP contribution in [0.25, 0.3) is 11.2 Å². The van der Waals surface area contributed by atoms with Crippen LogP contribution in [0.3, 0.4) is 0 Å². The summed E-state index contributed by atoms with van der Waals surface area (Å²) in [5.41, 5.74) is -0.174. The van der Waals surface area contributed by atoms with Crippen molar-refractivity contribution in [1.82, 2.24) is 24.4 Å². The second-order valence-electron chi connectivity index (χ2n) is 5.65. The SMILES string of the molecule is CN(C)/C=N\c1[nH]c(=O)nc2c1ncn2[C@@H]1O[C@H](CO)C(O)[C@@H]1O. The fourth-order valence-corrected chi connectivity index (χ4v) is 2.48. The Morgan fingerprint density at radius 2 is 2.21 bits per heavy atom. The van der Waals surface area contributed by atoms with E-state index in [0.717, 1.165) is 0 Å². The third kappa shape index (κ3) is 2.78. The molecule has 0 radical (unpaired) electrons. The zero-order valence-electron chi connectivity index (χ0n) is 13.1. The van der Waals surface area contributed by atoms with Crippen molar-refractivity contribution in [2.45, 2.75) is 24.5 Å². The van der Waals surface area contributed by atoms with Gasteiger partial charge in [-0.3, -0.25) is 9.55 Å². The highest BCUT2D eigenvalue weighted by Gasteiger charge is 2.44. The number of aliphatic hydroxyl groups excluding tert-OH is 3. The normalized spacial score (nSPS) is 27.4. The number of nitrogens with one attached hydrogen (secondary N) is 1. The second kappa shape index (κ2) is 6.28. The molecule has 0 aromatic carbocycles. The number of aliphatic hydroxyl groups is 3. The molecule has 0 aliphatic carbocycles. The van der Waals surface area contributed by atoms with Crippen LogP contribution >= 0.6 is 0 Å². The summed E-state index contributed by atoms with van der Waals surface area (Å²) in [6.45, 7) is -0.451. The van der Waals surface area contributed by atoms with E-state index in [2.05, 4.69) is 19.9 Å². The quantitative estimate of drug-likeness (QED) is 0.368. The number of hydrogen-bond acceptors (Lipinski definition) is 8. The number of fused-ring (bicyclic) bond motifs is 1. The van der Waals surface area contributed by atoms with E-state index in [9.17, 15) is 20.1 Å². The second-order valence-corrected chi connectivity index (χ2v) is 5.65. The average molecular weight is 338 g/mol. The van der Waals surface area contributed by atoms with E-state index in [1.807, 2.05) is 0 Å². The van der Waals surface area contributed by atoms with Gasteiger partial charge in [0.05, 0.1) is 19.3 Å². The number of rotatable bonds is 4. The van der Waals surface area contributed by atoms with E-state index in [0.29, 0.717) is 5.52 Å². The van der Waals surface area contributed by atoms with Crippen molar-refractivity contribution < 1.29 is 20.1 Å². The zero-order chi connectivity index (χ0) is 17.4. The van der Waals surface area contributed by atoms with Gasteiger partial charge in [0, 0.05) is 14.1 Å². The number of hydrogen-bond donors (Lipinski definition) is 4. The number of H-pyrrole nitrogens is 1. The first-order valence-electron chi connectivity index (χ1n) is 7.22. The van der Waals surface area contributed by atoms with Crippen molar-refractivity contribution in [1.29, 1.82) is 0 Å². The van der Waals surface area contributed by atoms with Gasteiger partial charge in [0.25, 0.3) is 0 Å². The molecule has 1 fully saturated rings. The lowest BCUT2D eigenvalue weighted by atomic mass is 10.1. The molecule has 2 aromatic rings. The summed E-state index contributed by atoms with van der Waals surface area (Å²) >= 11 is 0. The maximum Gasteiger partial charge on any atom is 0.348 e. The van der Waals surface area contributed by atoms with Crippen LogP contribution in [-0.2, 0) is 4.74 Å². The number of aromatic nitrogens is 4. The molecule has 0 bridgehead atoms. The topological polar surface area (TPSA) is 149 Å². The van der Waals surface area contributed by atoms with Crippen LogP contribution in [0.15, 0.2) is 16.1 Å². The van der Waals surface area contributed by atoms with Gasteiger partial charge in [0.2, 0.25) is 0 Å². The Bertz CT molecular complexity index is 815. The highest BCUT2D eigenvalue weighted by atomic mass is 16.6. The molecule has 1 unspecified atom stereocenters. The first-order chi connectivity index (χ1) is 11.4. The molecule has 0 saturated carbocycles. The van der Waals surface area contributed by atoms with Gasteiger partial charge in [-0.15, -0.1) is 0 Å². The summed E-state index contributed by atoms with van der Waals surface area (Å²) < 4.78 is 6.78. The molecule has 0 amide bonds. The maximum absolute atomic E-state index is 11.8. The van der Waals surface area contributed by atoms with Crippen molar-refractivity contribution in [2.24, 2.45) is 4.99 Å². The number of ether oxygens (including phenoxy) is 1. The van der Waals surface area contributed by atoms with Crippen molar-refractivity contribution in [3.8, 4) is 0 Å². The number of imidazole rings is 1. The average Bonchev–Trinajstić information content (AvgIpc) is 3.07. The van der Waals surface area contributed by atoms with E-state index in [1.165, 1.54) is 17.2 Å². The molecule has 24 heavy (non-hydrogen) atoms. The Balaban J connectivity index is 2.07. The molecule has 1 aliphatic heterocycles.